The van der Waals surface area contributed by atoms with Crippen molar-refractivity contribution >= 4 is 11.7 Å². The van der Waals surface area contributed by atoms with Crippen molar-refractivity contribution in [3.63, 3.8) is 0 Å². The predicted octanol–water partition coefficient (Wildman–Crippen LogP) is 1.27. The quantitative estimate of drug-likeness (QED) is 0.694. The van der Waals surface area contributed by atoms with Crippen LogP contribution in [0.3, 0.4) is 0 Å². The van der Waals surface area contributed by atoms with Crippen LogP contribution in [-0.4, -0.2) is 85.2 Å². The molecule has 7 nitrogen and oxygen atoms in total. The van der Waals surface area contributed by atoms with E-state index in [1.165, 1.54) is 0 Å². The van der Waals surface area contributed by atoms with E-state index >= 15 is 0 Å². The van der Waals surface area contributed by atoms with Crippen molar-refractivity contribution < 1.29 is 19.1 Å². The fraction of sp³-hybridized carbons (Fsp3) is 0.889. The van der Waals surface area contributed by atoms with E-state index in [4.69, 9.17) is 14.3 Å². The highest BCUT2D eigenvalue weighted by molar-refractivity contribution is 6.36. The second-order valence-corrected chi connectivity index (χ2v) is 7.71. The molecule has 0 radical (unpaired) electrons. The Balaban J connectivity index is 1.43. The van der Waals surface area contributed by atoms with Gasteiger partial charge in [0.2, 0.25) is 0 Å². The molecule has 0 bridgehead atoms. The zero-order valence-corrected chi connectivity index (χ0v) is 15.7. The lowest BCUT2D eigenvalue weighted by Crippen LogP contribution is -2.47. The van der Waals surface area contributed by atoms with Crippen LogP contribution in [0.1, 0.15) is 40.0 Å². The van der Waals surface area contributed by atoms with E-state index in [-0.39, 0.29) is 17.6 Å². The summed E-state index contributed by atoms with van der Waals surface area (Å²) >= 11 is 0. The Bertz CT molecular complexity index is 495. The van der Waals surface area contributed by atoms with Gasteiger partial charge in [-0.2, -0.15) is 0 Å². The first-order chi connectivity index (χ1) is 12.0. The molecule has 2 fully saturated rings. The summed E-state index contributed by atoms with van der Waals surface area (Å²) in [5, 5.41) is 4.06. The van der Waals surface area contributed by atoms with Crippen LogP contribution in [0.5, 0.6) is 0 Å². The molecule has 0 aromatic carbocycles. The molecule has 1 atom stereocenters. The molecule has 1 unspecified atom stereocenters. The molecule has 3 aliphatic rings. The maximum absolute atomic E-state index is 12.3. The Hall–Kier alpha value is -1.18. The monoisotopic (exact) mass is 353 g/mol. The Morgan fingerprint density at radius 1 is 1.16 bits per heavy atom. The van der Waals surface area contributed by atoms with Crippen LogP contribution < -0.4 is 0 Å². The van der Waals surface area contributed by atoms with E-state index in [2.05, 4.69) is 35.7 Å². The molecule has 0 N–H and O–H groups in total. The molecule has 0 aliphatic carbocycles. The first kappa shape index (κ1) is 18.6. The first-order valence-corrected chi connectivity index (χ1v) is 9.47. The van der Waals surface area contributed by atoms with Crippen molar-refractivity contribution in [1.29, 1.82) is 0 Å². The van der Waals surface area contributed by atoms with E-state index in [0.29, 0.717) is 24.8 Å². The summed E-state index contributed by atoms with van der Waals surface area (Å²) in [4.78, 5) is 22.8. The van der Waals surface area contributed by atoms with Crippen LogP contribution in [0, 0.1) is 0 Å². The standard InChI is InChI=1S/C18H31N3O4/c1-14(2)20-6-4-18(5-7-20)12-16(19-25-18)17(22)24-13-15(3)21-8-10-23-11-9-21/h14-15H,4-13H2,1-3H3. The number of hydrogen-bond acceptors (Lipinski definition) is 7. The van der Waals surface area contributed by atoms with Gasteiger partial charge in [0.25, 0.3) is 0 Å². The summed E-state index contributed by atoms with van der Waals surface area (Å²) < 4.78 is 10.8. The molecule has 7 heteroatoms. The van der Waals surface area contributed by atoms with Crippen molar-refractivity contribution in [3.05, 3.63) is 0 Å². The number of hydrogen-bond donors (Lipinski definition) is 0. The van der Waals surface area contributed by atoms with E-state index in [0.717, 1.165) is 52.2 Å². The molecule has 3 aliphatic heterocycles. The highest BCUT2D eigenvalue weighted by atomic mass is 16.7. The summed E-state index contributed by atoms with van der Waals surface area (Å²) in [6, 6.07) is 0.741. The Morgan fingerprint density at radius 3 is 2.48 bits per heavy atom. The SMILES string of the molecule is CC(C)N1CCC2(CC1)CC(C(=O)OCC(C)N1CCOCC1)=NO2. The second-order valence-electron chi connectivity index (χ2n) is 7.71. The predicted molar refractivity (Wildman–Crippen MR) is 94.6 cm³/mol. The summed E-state index contributed by atoms with van der Waals surface area (Å²) in [7, 11) is 0. The molecule has 0 aromatic heterocycles. The van der Waals surface area contributed by atoms with Crippen LogP contribution in [0.4, 0.5) is 0 Å². The summed E-state index contributed by atoms with van der Waals surface area (Å²) in [5.41, 5.74) is 0.141. The van der Waals surface area contributed by atoms with Crippen LogP contribution in [0.25, 0.3) is 0 Å². The van der Waals surface area contributed by atoms with Crippen molar-refractivity contribution in [2.75, 3.05) is 46.0 Å². The number of rotatable bonds is 5. The topological polar surface area (TPSA) is 63.6 Å². The number of esters is 1. The van der Waals surface area contributed by atoms with Crippen LogP contribution >= 0.6 is 0 Å². The van der Waals surface area contributed by atoms with Gasteiger partial charge in [-0.1, -0.05) is 5.16 Å². The van der Waals surface area contributed by atoms with Gasteiger partial charge < -0.3 is 19.2 Å². The molecule has 0 saturated carbocycles. The highest BCUT2D eigenvalue weighted by Gasteiger charge is 2.44. The summed E-state index contributed by atoms with van der Waals surface area (Å²) in [6.45, 7) is 12.1. The number of oxime groups is 1. The molecule has 2 saturated heterocycles. The number of carbonyl (C=O) groups excluding carboxylic acids is 1. The average Bonchev–Trinajstić information content (AvgIpc) is 3.04. The third-order valence-electron chi connectivity index (χ3n) is 5.64. The zero-order valence-electron chi connectivity index (χ0n) is 15.7. The highest BCUT2D eigenvalue weighted by Crippen LogP contribution is 2.35. The maximum atomic E-state index is 12.3. The normalized spacial score (nSPS) is 25.7. The van der Waals surface area contributed by atoms with E-state index < -0.39 is 0 Å². The first-order valence-electron chi connectivity index (χ1n) is 9.47. The van der Waals surface area contributed by atoms with E-state index in [1.807, 2.05) is 0 Å². The smallest absolute Gasteiger partial charge is 0.356 e. The third-order valence-corrected chi connectivity index (χ3v) is 5.64. The van der Waals surface area contributed by atoms with Gasteiger partial charge in [0.15, 0.2) is 5.71 Å². The molecular weight excluding hydrogens is 322 g/mol. The molecule has 0 aromatic rings. The number of piperidine rings is 1. The molecule has 0 amide bonds. The molecule has 1 spiro atoms. The maximum Gasteiger partial charge on any atom is 0.356 e. The fourth-order valence-electron chi connectivity index (χ4n) is 3.75. The Labute approximate surface area is 150 Å². The molecule has 3 heterocycles. The van der Waals surface area contributed by atoms with Gasteiger partial charge in [-0.15, -0.1) is 0 Å². The lowest BCUT2D eigenvalue weighted by atomic mass is 9.86. The molecule has 25 heavy (non-hydrogen) atoms. The fourth-order valence-corrected chi connectivity index (χ4v) is 3.75. The van der Waals surface area contributed by atoms with Gasteiger partial charge in [0.1, 0.15) is 12.2 Å². The van der Waals surface area contributed by atoms with Gasteiger partial charge in [0.05, 0.1) is 13.2 Å². The van der Waals surface area contributed by atoms with Gasteiger partial charge in [-0.25, -0.2) is 4.79 Å². The minimum Gasteiger partial charge on any atom is -0.459 e. The largest absolute Gasteiger partial charge is 0.459 e. The average molecular weight is 353 g/mol. The zero-order chi connectivity index (χ0) is 17.9. The second kappa shape index (κ2) is 8.01. The minimum atomic E-state index is -0.330. The number of carbonyl (C=O) groups is 1. The lowest BCUT2D eigenvalue weighted by Gasteiger charge is -2.39. The van der Waals surface area contributed by atoms with E-state index in [9.17, 15) is 4.79 Å². The lowest BCUT2D eigenvalue weighted by molar-refractivity contribution is -0.137. The number of morpholine rings is 1. The van der Waals surface area contributed by atoms with Gasteiger partial charge in [-0.05, 0) is 20.8 Å². The van der Waals surface area contributed by atoms with E-state index in [1.54, 1.807) is 0 Å². The van der Waals surface area contributed by atoms with Crippen molar-refractivity contribution in [2.24, 2.45) is 5.16 Å². The minimum absolute atomic E-state index is 0.194. The molecular formula is C18H31N3O4. The molecule has 3 rings (SSSR count). The number of ether oxygens (including phenoxy) is 2. The summed E-state index contributed by atoms with van der Waals surface area (Å²) in [6.07, 6.45) is 2.40. The van der Waals surface area contributed by atoms with Crippen molar-refractivity contribution in [3.8, 4) is 0 Å². The van der Waals surface area contributed by atoms with Crippen molar-refractivity contribution in [2.45, 2.75) is 57.7 Å². The van der Waals surface area contributed by atoms with Gasteiger partial charge in [-0.3, -0.25) is 4.90 Å². The van der Waals surface area contributed by atoms with Gasteiger partial charge >= 0.3 is 5.97 Å². The Morgan fingerprint density at radius 2 is 1.84 bits per heavy atom. The van der Waals surface area contributed by atoms with Crippen LogP contribution in [0.2, 0.25) is 0 Å². The third kappa shape index (κ3) is 4.51. The van der Waals surface area contributed by atoms with Gasteiger partial charge in [0, 0.05) is 57.5 Å². The van der Waals surface area contributed by atoms with Crippen LogP contribution in [0.15, 0.2) is 5.16 Å². The number of nitrogens with zero attached hydrogens (tertiary/aromatic N) is 3. The number of likely N-dealkylation sites (tertiary alicyclic amines) is 1. The van der Waals surface area contributed by atoms with Crippen LogP contribution in [-0.2, 0) is 19.1 Å². The summed E-state index contributed by atoms with van der Waals surface area (Å²) in [5.74, 6) is -0.330. The van der Waals surface area contributed by atoms with Crippen molar-refractivity contribution in [1.82, 2.24) is 9.80 Å². The Kier molecular flexibility index (Phi) is 5.96. The molecule has 142 valence electrons.